The second-order valence-corrected chi connectivity index (χ2v) is 10.7. The molecule has 2 aromatic carbocycles. The van der Waals surface area contributed by atoms with Gasteiger partial charge in [0.05, 0.1) is 23.9 Å². The molecule has 0 saturated carbocycles. The normalized spacial score (nSPS) is 12.9. The number of rotatable bonds is 7. The van der Waals surface area contributed by atoms with Crippen LogP contribution in [0.3, 0.4) is 0 Å². The lowest BCUT2D eigenvalue weighted by atomic mass is 10.2. The molecule has 1 N–H and O–H groups in total. The van der Waals surface area contributed by atoms with Crippen LogP contribution in [-0.2, 0) is 24.8 Å². The van der Waals surface area contributed by atoms with Crippen molar-refractivity contribution >= 4 is 43.0 Å². The molecule has 0 spiro atoms. The standard InChI is InChI=1S/C19H25N3O5S2/c1-14-8-6-11-18(12-14)22(29(5,26)27)15(2)19(23)20-16-9-7-10-17(13-16)21(3)28(4,24)25/h6-13,15H,1-5H3,(H,20,23). The Balaban J connectivity index is 2.31. The number of hydrogen-bond acceptors (Lipinski definition) is 5. The maximum atomic E-state index is 12.8. The van der Waals surface area contributed by atoms with E-state index in [-0.39, 0.29) is 0 Å². The smallest absolute Gasteiger partial charge is 0.247 e. The second-order valence-electron chi connectivity index (χ2n) is 6.84. The first-order valence-electron chi connectivity index (χ1n) is 8.71. The minimum Gasteiger partial charge on any atom is -0.324 e. The van der Waals surface area contributed by atoms with E-state index in [1.165, 1.54) is 20.0 Å². The third-order valence-electron chi connectivity index (χ3n) is 4.32. The van der Waals surface area contributed by atoms with E-state index in [9.17, 15) is 21.6 Å². The fourth-order valence-corrected chi connectivity index (χ4v) is 4.45. The van der Waals surface area contributed by atoms with Gasteiger partial charge in [-0.25, -0.2) is 16.8 Å². The molecule has 2 aromatic rings. The van der Waals surface area contributed by atoms with E-state index in [1.54, 1.807) is 36.4 Å². The number of nitrogens with one attached hydrogen (secondary N) is 1. The Morgan fingerprint density at radius 2 is 1.52 bits per heavy atom. The van der Waals surface area contributed by atoms with Gasteiger partial charge in [-0.3, -0.25) is 13.4 Å². The molecule has 1 unspecified atom stereocenters. The molecule has 0 bridgehead atoms. The summed E-state index contributed by atoms with van der Waals surface area (Å²) in [6.07, 6.45) is 2.12. The molecule has 0 heterocycles. The van der Waals surface area contributed by atoms with Gasteiger partial charge in [0.25, 0.3) is 0 Å². The number of anilines is 3. The van der Waals surface area contributed by atoms with E-state index in [2.05, 4.69) is 5.32 Å². The van der Waals surface area contributed by atoms with Crippen molar-refractivity contribution in [2.75, 3.05) is 33.5 Å². The average molecular weight is 440 g/mol. The molecular formula is C19H25N3O5S2. The summed E-state index contributed by atoms with van der Waals surface area (Å²) in [5, 5.41) is 2.66. The fraction of sp³-hybridized carbons (Fsp3) is 0.316. The van der Waals surface area contributed by atoms with Crippen molar-refractivity contribution < 1.29 is 21.6 Å². The third kappa shape index (κ3) is 5.70. The van der Waals surface area contributed by atoms with Gasteiger partial charge in [-0.05, 0) is 49.7 Å². The summed E-state index contributed by atoms with van der Waals surface area (Å²) in [6, 6.07) is 12.1. The van der Waals surface area contributed by atoms with Crippen LogP contribution in [0.1, 0.15) is 12.5 Å². The number of amides is 1. The van der Waals surface area contributed by atoms with E-state index < -0.39 is 32.0 Å². The summed E-state index contributed by atoms with van der Waals surface area (Å²) in [5.74, 6) is -0.545. The van der Waals surface area contributed by atoms with Crippen LogP contribution in [-0.4, -0.2) is 48.3 Å². The molecule has 29 heavy (non-hydrogen) atoms. The summed E-state index contributed by atoms with van der Waals surface area (Å²) >= 11 is 0. The Labute approximate surface area is 172 Å². The van der Waals surface area contributed by atoms with Crippen LogP contribution in [0.5, 0.6) is 0 Å². The summed E-state index contributed by atoms with van der Waals surface area (Å²) in [6.45, 7) is 3.32. The number of benzene rings is 2. The van der Waals surface area contributed by atoms with Gasteiger partial charge in [0.15, 0.2) is 0 Å². The SMILES string of the molecule is Cc1cccc(N(C(C)C(=O)Nc2cccc(N(C)S(C)(=O)=O)c2)S(C)(=O)=O)c1. The first-order valence-corrected chi connectivity index (χ1v) is 12.4. The minimum atomic E-state index is -3.73. The van der Waals surface area contributed by atoms with Crippen molar-refractivity contribution in [2.24, 2.45) is 0 Å². The highest BCUT2D eigenvalue weighted by Crippen LogP contribution is 2.24. The van der Waals surface area contributed by atoms with E-state index in [0.717, 1.165) is 26.7 Å². The first kappa shape index (κ1) is 22.7. The number of nitrogens with zero attached hydrogens (tertiary/aromatic N) is 2. The lowest BCUT2D eigenvalue weighted by Gasteiger charge is -2.28. The van der Waals surface area contributed by atoms with Crippen molar-refractivity contribution in [3.63, 3.8) is 0 Å². The largest absolute Gasteiger partial charge is 0.324 e. The molecule has 1 amide bonds. The van der Waals surface area contributed by atoms with Crippen molar-refractivity contribution in [3.05, 3.63) is 54.1 Å². The number of hydrogen-bond donors (Lipinski definition) is 1. The Kier molecular flexibility index (Phi) is 6.59. The Bertz CT molecular complexity index is 1110. The molecule has 0 aliphatic heterocycles. The van der Waals surface area contributed by atoms with Gasteiger partial charge in [0.2, 0.25) is 26.0 Å². The predicted octanol–water partition coefficient (Wildman–Crippen LogP) is 2.18. The number of sulfonamides is 2. The zero-order chi connectivity index (χ0) is 22.0. The third-order valence-corrected chi connectivity index (χ3v) is 6.77. The molecule has 10 heteroatoms. The predicted molar refractivity (Wildman–Crippen MR) is 116 cm³/mol. The van der Waals surface area contributed by atoms with Gasteiger partial charge in [-0.2, -0.15) is 0 Å². The van der Waals surface area contributed by atoms with E-state index >= 15 is 0 Å². The Morgan fingerprint density at radius 1 is 0.931 bits per heavy atom. The molecule has 1 atom stereocenters. The summed E-state index contributed by atoms with van der Waals surface area (Å²) < 4.78 is 50.3. The molecule has 0 aromatic heterocycles. The van der Waals surface area contributed by atoms with Crippen LogP contribution in [0.25, 0.3) is 0 Å². The van der Waals surface area contributed by atoms with Crippen LogP contribution in [0.15, 0.2) is 48.5 Å². The summed E-state index contributed by atoms with van der Waals surface area (Å²) in [5.41, 5.74) is 1.98. The van der Waals surface area contributed by atoms with E-state index in [4.69, 9.17) is 0 Å². The Morgan fingerprint density at radius 3 is 2.07 bits per heavy atom. The van der Waals surface area contributed by atoms with E-state index in [1.807, 2.05) is 13.0 Å². The number of aryl methyl sites for hydroxylation is 1. The van der Waals surface area contributed by atoms with Crippen molar-refractivity contribution in [3.8, 4) is 0 Å². The number of carbonyl (C=O) groups is 1. The lowest BCUT2D eigenvalue weighted by Crippen LogP contribution is -2.45. The van der Waals surface area contributed by atoms with Gasteiger partial charge in [-0.1, -0.05) is 18.2 Å². The number of carbonyl (C=O) groups excluding carboxylic acids is 1. The molecule has 0 radical (unpaired) electrons. The first-order chi connectivity index (χ1) is 13.3. The van der Waals surface area contributed by atoms with Crippen molar-refractivity contribution in [2.45, 2.75) is 19.9 Å². The van der Waals surface area contributed by atoms with Crippen LogP contribution in [0, 0.1) is 6.92 Å². The molecule has 8 nitrogen and oxygen atoms in total. The Hall–Kier alpha value is -2.59. The topological polar surface area (TPSA) is 104 Å². The lowest BCUT2D eigenvalue weighted by molar-refractivity contribution is -0.116. The van der Waals surface area contributed by atoms with Crippen LogP contribution in [0.4, 0.5) is 17.1 Å². The maximum Gasteiger partial charge on any atom is 0.247 e. The van der Waals surface area contributed by atoms with Gasteiger partial charge >= 0.3 is 0 Å². The average Bonchev–Trinajstić information content (AvgIpc) is 2.59. The van der Waals surface area contributed by atoms with Crippen LogP contribution < -0.4 is 13.9 Å². The quantitative estimate of drug-likeness (QED) is 0.712. The monoisotopic (exact) mass is 439 g/mol. The van der Waals surface area contributed by atoms with Gasteiger partial charge in [0.1, 0.15) is 6.04 Å². The molecule has 0 aliphatic carbocycles. The second kappa shape index (κ2) is 8.42. The molecule has 0 fully saturated rings. The van der Waals surface area contributed by atoms with Crippen LogP contribution >= 0.6 is 0 Å². The van der Waals surface area contributed by atoms with E-state index in [0.29, 0.717) is 17.1 Å². The molecular weight excluding hydrogens is 414 g/mol. The van der Waals surface area contributed by atoms with Gasteiger partial charge in [-0.15, -0.1) is 0 Å². The molecule has 0 saturated heterocycles. The minimum absolute atomic E-state index is 0.354. The fourth-order valence-electron chi connectivity index (χ4n) is 2.79. The molecule has 2 rings (SSSR count). The summed E-state index contributed by atoms with van der Waals surface area (Å²) in [7, 11) is -5.78. The van der Waals surface area contributed by atoms with Gasteiger partial charge in [0, 0.05) is 12.7 Å². The zero-order valence-corrected chi connectivity index (χ0v) is 18.6. The highest BCUT2D eigenvalue weighted by atomic mass is 32.2. The molecule has 158 valence electrons. The zero-order valence-electron chi connectivity index (χ0n) is 16.9. The van der Waals surface area contributed by atoms with Crippen molar-refractivity contribution in [1.82, 2.24) is 0 Å². The maximum absolute atomic E-state index is 12.8. The van der Waals surface area contributed by atoms with Crippen molar-refractivity contribution in [1.29, 1.82) is 0 Å². The molecule has 0 aliphatic rings. The highest BCUT2D eigenvalue weighted by molar-refractivity contribution is 7.92. The van der Waals surface area contributed by atoms with Gasteiger partial charge < -0.3 is 5.32 Å². The summed E-state index contributed by atoms with van der Waals surface area (Å²) in [4.78, 5) is 12.8. The van der Waals surface area contributed by atoms with Crippen LogP contribution in [0.2, 0.25) is 0 Å². The highest BCUT2D eigenvalue weighted by Gasteiger charge is 2.29.